The maximum atomic E-state index is 12.4. The van der Waals surface area contributed by atoms with E-state index >= 15 is 0 Å². The van der Waals surface area contributed by atoms with Crippen molar-refractivity contribution in [1.82, 2.24) is 0 Å². The fraction of sp³-hybridized carbons (Fsp3) is 0.300. The Bertz CT molecular complexity index is 890. The van der Waals surface area contributed by atoms with Gasteiger partial charge in [-0.2, -0.15) is 0 Å². The van der Waals surface area contributed by atoms with E-state index in [0.29, 0.717) is 27.2 Å². The topological polar surface area (TPSA) is 73.9 Å². The second-order valence-electron chi connectivity index (χ2n) is 5.98. The summed E-state index contributed by atoms with van der Waals surface area (Å²) in [6.07, 6.45) is -1.64. The van der Waals surface area contributed by atoms with Crippen LogP contribution < -0.4 is 14.8 Å². The molecule has 0 aliphatic heterocycles. The van der Waals surface area contributed by atoms with E-state index in [-0.39, 0.29) is 11.6 Å². The van der Waals surface area contributed by atoms with E-state index in [2.05, 4.69) is 5.32 Å². The van der Waals surface area contributed by atoms with Gasteiger partial charge >= 0.3 is 5.97 Å². The van der Waals surface area contributed by atoms with Crippen molar-refractivity contribution in [1.29, 1.82) is 0 Å². The maximum Gasteiger partial charge on any atom is 0.347 e. The second-order valence-corrected chi connectivity index (χ2v) is 7.23. The Hall–Kier alpha value is -2.15. The molecule has 2 unspecified atom stereocenters. The zero-order valence-electron chi connectivity index (χ0n) is 16.0. The molecule has 0 bridgehead atoms. The summed E-state index contributed by atoms with van der Waals surface area (Å²) in [5.74, 6) is -0.260. The van der Waals surface area contributed by atoms with Crippen molar-refractivity contribution in [2.75, 3.05) is 11.9 Å². The first-order chi connectivity index (χ1) is 13.7. The molecule has 1 amide bonds. The summed E-state index contributed by atoms with van der Waals surface area (Å²) >= 11 is 18.1. The van der Waals surface area contributed by atoms with E-state index in [4.69, 9.17) is 49.0 Å². The Kier molecular flexibility index (Phi) is 8.44. The molecule has 0 fully saturated rings. The highest BCUT2D eigenvalue weighted by Gasteiger charge is 2.19. The van der Waals surface area contributed by atoms with Crippen LogP contribution in [0.2, 0.25) is 15.1 Å². The van der Waals surface area contributed by atoms with E-state index in [9.17, 15) is 9.59 Å². The van der Waals surface area contributed by atoms with Crippen molar-refractivity contribution in [3.8, 4) is 11.5 Å². The molecule has 156 valence electrons. The molecular weight excluding hydrogens is 441 g/mol. The number of halogens is 3. The highest BCUT2D eigenvalue weighted by atomic mass is 35.5. The first-order valence-corrected chi connectivity index (χ1v) is 9.90. The van der Waals surface area contributed by atoms with E-state index in [0.717, 1.165) is 0 Å². The van der Waals surface area contributed by atoms with Crippen LogP contribution in [0.15, 0.2) is 36.4 Å². The monoisotopic (exact) mass is 459 g/mol. The number of hydrogen-bond acceptors (Lipinski definition) is 5. The summed E-state index contributed by atoms with van der Waals surface area (Å²) in [6.45, 7) is 5.11. The zero-order chi connectivity index (χ0) is 21.6. The predicted molar refractivity (Wildman–Crippen MR) is 113 cm³/mol. The highest BCUT2D eigenvalue weighted by Crippen LogP contribution is 2.30. The van der Waals surface area contributed by atoms with Gasteiger partial charge < -0.3 is 19.5 Å². The Morgan fingerprint density at radius 1 is 0.931 bits per heavy atom. The molecule has 2 rings (SSSR count). The van der Waals surface area contributed by atoms with Crippen LogP contribution >= 0.6 is 34.8 Å². The highest BCUT2D eigenvalue weighted by molar-refractivity contribution is 6.35. The van der Waals surface area contributed by atoms with Crippen LogP contribution in [-0.4, -0.2) is 30.7 Å². The minimum Gasteiger partial charge on any atom is -0.479 e. The van der Waals surface area contributed by atoms with Crippen LogP contribution in [0.5, 0.6) is 11.5 Å². The molecule has 2 atom stereocenters. The van der Waals surface area contributed by atoms with Gasteiger partial charge in [-0.1, -0.05) is 34.8 Å². The van der Waals surface area contributed by atoms with Gasteiger partial charge in [0.05, 0.1) is 16.7 Å². The van der Waals surface area contributed by atoms with Gasteiger partial charge in [-0.05, 0) is 57.2 Å². The third-order valence-electron chi connectivity index (χ3n) is 3.69. The Labute approximate surface area is 184 Å². The van der Waals surface area contributed by atoms with Crippen molar-refractivity contribution in [3.63, 3.8) is 0 Å². The standard InChI is InChI=1S/C20H20Cl3NO5/c1-4-27-20(26)12(3)29-18-8-6-14(10-16(18)23)24-19(25)11(2)28-17-7-5-13(21)9-15(17)22/h5-12H,4H2,1-3H3,(H,24,25). The van der Waals surface area contributed by atoms with Gasteiger partial charge in [0, 0.05) is 10.7 Å². The van der Waals surface area contributed by atoms with Crippen molar-refractivity contribution in [3.05, 3.63) is 51.5 Å². The Morgan fingerprint density at radius 2 is 1.52 bits per heavy atom. The smallest absolute Gasteiger partial charge is 0.347 e. The molecule has 2 aromatic carbocycles. The average molecular weight is 461 g/mol. The van der Waals surface area contributed by atoms with E-state index < -0.39 is 24.1 Å². The van der Waals surface area contributed by atoms with Gasteiger partial charge in [0.1, 0.15) is 11.5 Å². The molecule has 0 spiro atoms. The number of anilines is 1. The number of carbonyl (C=O) groups excluding carboxylic acids is 2. The number of ether oxygens (including phenoxy) is 3. The molecular formula is C20H20Cl3NO5. The normalized spacial score (nSPS) is 12.6. The van der Waals surface area contributed by atoms with Crippen molar-refractivity contribution < 1.29 is 23.8 Å². The fourth-order valence-electron chi connectivity index (χ4n) is 2.23. The second kappa shape index (κ2) is 10.6. The molecule has 29 heavy (non-hydrogen) atoms. The molecule has 0 radical (unpaired) electrons. The molecule has 0 aliphatic rings. The minimum absolute atomic E-state index is 0.230. The molecule has 0 heterocycles. The SMILES string of the molecule is CCOC(=O)C(C)Oc1ccc(NC(=O)C(C)Oc2ccc(Cl)cc2Cl)cc1Cl. The molecule has 6 nitrogen and oxygen atoms in total. The van der Waals surface area contributed by atoms with Crippen molar-refractivity contribution >= 4 is 52.4 Å². The van der Waals surface area contributed by atoms with Crippen LogP contribution in [0.3, 0.4) is 0 Å². The molecule has 0 saturated heterocycles. The van der Waals surface area contributed by atoms with Gasteiger partial charge in [-0.25, -0.2) is 4.79 Å². The summed E-state index contributed by atoms with van der Waals surface area (Å²) in [6, 6.07) is 9.38. The number of benzene rings is 2. The predicted octanol–water partition coefficient (Wildman–Crippen LogP) is 5.38. The lowest BCUT2D eigenvalue weighted by Crippen LogP contribution is -2.30. The fourth-order valence-corrected chi connectivity index (χ4v) is 2.91. The quantitative estimate of drug-likeness (QED) is 0.535. The number of nitrogens with one attached hydrogen (secondary N) is 1. The molecule has 9 heteroatoms. The first-order valence-electron chi connectivity index (χ1n) is 8.76. The first kappa shape index (κ1) is 23.1. The maximum absolute atomic E-state index is 12.4. The van der Waals surface area contributed by atoms with Crippen molar-refractivity contribution in [2.45, 2.75) is 33.0 Å². The summed E-state index contributed by atoms with van der Waals surface area (Å²) in [5, 5.41) is 3.69. The number of amides is 1. The Morgan fingerprint density at radius 3 is 2.10 bits per heavy atom. The average Bonchev–Trinajstić information content (AvgIpc) is 2.66. The lowest BCUT2D eigenvalue weighted by atomic mass is 10.2. The zero-order valence-corrected chi connectivity index (χ0v) is 18.3. The van der Waals surface area contributed by atoms with Crippen LogP contribution in [0.1, 0.15) is 20.8 Å². The summed E-state index contributed by atoms with van der Waals surface area (Å²) in [5.41, 5.74) is 0.439. The number of esters is 1. The third-order valence-corrected chi connectivity index (χ3v) is 4.51. The van der Waals surface area contributed by atoms with Crippen LogP contribution in [0.4, 0.5) is 5.69 Å². The summed E-state index contributed by atoms with van der Waals surface area (Å²) in [4.78, 5) is 24.1. The van der Waals surface area contributed by atoms with Gasteiger partial charge in [0.15, 0.2) is 12.2 Å². The van der Waals surface area contributed by atoms with Crippen LogP contribution in [0, 0.1) is 0 Å². The molecule has 0 aromatic heterocycles. The van der Waals surface area contributed by atoms with Gasteiger partial charge in [-0.3, -0.25) is 4.79 Å². The largest absolute Gasteiger partial charge is 0.479 e. The summed E-state index contributed by atoms with van der Waals surface area (Å²) in [7, 11) is 0. The third kappa shape index (κ3) is 6.70. The molecule has 0 aliphatic carbocycles. The van der Waals surface area contributed by atoms with Crippen LogP contribution in [-0.2, 0) is 14.3 Å². The van der Waals surface area contributed by atoms with E-state index in [1.54, 1.807) is 45.0 Å². The molecule has 0 saturated carbocycles. The van der Waals surface area contributed by atoms with Gasteiger partial charge in [0.2, 0.25) is 0 Å². The van der Waals surface area contributed by atoms with E-state index in [1.807, 2.05) is 0 Å². The Balaban J connectivity index is 1.99. The van der Waals surface area contributed by atoms with Crippen LogP contribution in [0.25, 0.3) is 0 Å². The van der Waals surface area contributed by atoms with Gasteiger partial charge in [-0.15, -0.1) is 0 Å². The lowest BCUT2D eigenvalue weighted by Gasteiger charge is -2.17. The van der Waals surface area contributed by atoms with Gasteiger partial charge in [0.25, 0.3) is 5.91 Å². The minimum atomic E-state index is -0.827. The molecule has 1 N–H and O–H groups in total. The number of carbonyl (C=O) groups is 2. The van der Waals surface area contributed by atoms with Crippen molar-refractivity contribution in [2.24, 2.45) is 0 Å². The molecule has 2 aromatic rings. The number of rotatable bonds is 8. The lowest BCUT2D eigenvalue weighted by molar-refractivity contribution is -0.150. The number of hydrogen-bond donors (Lipinski definition) is 1. The van der Waals surface area contributed by atoms with E-state index in [1.165, 1.54) is 12.1 Å². The summed E-state index contributed by atoms with van der Waals surface area (Å²) < 4.78 is 16.0.